The molecule has 0 unspecified atom stereocenters. The summed E-state index contributed by atoms with van der Waals surface area (Å²) < 4.78 is 15.2. The molecule has 0 saturated carbocycles. The SMILES string of the molecule is COCCCOCCOC(=O)c1cc(N)cc(Cl)c1. The van der Waals surface area contributed by atoms with E-state index in [2.05, 4.69) is 0 Å². The number of benzene rings is 1. The van der Waals surface area contributed by atoms with E-state index in [-0.39, 0.29) is 6.61 Å². The predicted molar refractivity (Wildman–Crippen MR) is 73.5 cm³/mol. The van der Waals surface area contributed by atoms with Gasteiger partial charge in [-0.15, -0.1) is 0 Å². The molecule has 0 aliphatic carbocycles. The molecule has 19 heavy (non-hydrogen) atoms. The predicted octanol–water partition coefficient (Wildman–Crippen LogP) is 2.13. The first-order valence-corrected chi connectivity index (χ1v) is 6.31. The summed E-state index contributed by atoms with van der Waals surface area (Å²) in [5.41, 5.74) is 6.35. The summed E-state index contributed by atoms with van der Waals surface area (Å²) in [4.78, 5) is 11.7. The molecular weight excluding hydrogens is 270 g/mol. The monoisotopic (exact) mass is 287 g/mol. The van der Waals surface area contributed by atoms with Crippen molar-refractivity contribution in [2.24, 2.45) is 0 Å². The van der Waals surface area contributed by atoms with Gasteiger partial charge in [-0.2, -0.15) is 0 Å². The zero-order chi connectivity index (χ0) is 14.1. The number of halogens is 1. The Balaban J connectivity index is 2.24. The average Bonchev–Trinajstić information content (AvgIpc) is 2.36. The second kappa shape index (κ2) is 8.74. The second-order valence-corrected chi connectivity index (χ2v) is 4.30. The minimum absolute atomic E-state index is 0.193. The molecular formula is C13H18ClNO4. The third-order valence-corrected chi connectivity index (χ3v) is 2.47. The highest BCUT2D eigenvalue weighted by atomic mass is 35.5. The Hall–Kier alpha value is -1.30. The van der Waals surface area contributed by atoms with Gasteiger partial charge in [-0.1, -0.05) is 11.6 Å². The highest BCUT2D eigenvalue weighted by molar-refractivity contribution is 6.31. The lowest BCUT2D eigenvalue weighted by Crippen LogP contribution is -2.12. The number of carbonyl (C=O) groups is 1. The highest BCUT2D eigenvalue weighted by Gasteiger charge is 2.08. The maximum Gasteiger partial charge on any atom is 0.338 e. The number of esters is 1. The summed E-state index contributed by atoms with van der Waals surface area (Å²) in [7, 11) is 1.64. The first-order chi connectivity index (χ1) is 9.13. The van der Waals surface area contributed by atoms with E-state index in [1.807, 2.05) is 0 Å². The fourth-order valence-corrected chi connectivity index (χ4v) is 1.66. The van der Waals surface area contributed by atoms with Gasteiger partial charge >= 0.3 is 5.97 Å². The summed E-state index contributed by atoms with van der Waals surface area (Å²) >= 11 is 5.80. The largest absolute Gasteiger partial charge is 0.460 e. The smallest absolute Gasteiger partial charge is 0.338 e. The van der Waals surface area contributed by atoms with Crippen LogP contribution in [0.1, 0.15) is 16.8 Å². The van der Waals surface area contributed by atoms with Crippen molar-refractivity contribution in [3.05, 3.63) is 28.8 Å². The second-order valence-electron chi connectivity index (χ2n) is 3.87. The lowest BCUT2D eigenvalue weighted by Gasteiger charge is -2.07. The van der Waals surface area contributed by atoms with Crippen LogP contribution in [0.2, 0.25) is 5.02 Å². The Morgan fingerprint density at radius 3 is 2.68 bits per heavy atom. The van der Waals surface area contributed by atoms with Crippen molar-refractivity contribution in [2.75, 3.05) is 39.3 Å². The van der Waals surface area contributed by atoms with Gasteiger partial charge in [-0.25, -0.2) is 4.79 Å². The minimum atomic E-state index is -0.463. The van der Waals surface area contributed by atoms with Gasteiger partial charge in [0, 0.05) is 31.0 Å². The molecule has 0 aromatic heterocycles. The summed E-state index contributed by atoms with van der Waals surface area (Å²) in [6.45, 7) is 1.78. The molecule has 0 bridgehead atoms. The maximum atomic E-state index is 11.7. The minimum Gasteiger partial charge on any atom is -0.460 e. The molecule has 6 heteroatoms. The summed E-state index contributed by atoms with van der Waals surface area (Å²) in [5, 5.41) is 0.405. The fraction of sp³-hybridized carbons (Fsp3) is 0.462. The van der Waals surface area contributed by atoms with Crippen LogP contribution in [0.25, 0.3) is 0 Å². The molecule has 0 heterocycles. The van der Waals surface area contributed by atoms with Crippen LogP contribution in [0.3, 0.4) is 0 Å². The number of ether oxygens (including phenoxy) is 3. The van der Waals surface area contributed by atoms with Crippen LogP contribution in [-0.2, 0) is 14.2 Å². The average molecular weight is 288 g/mol. The molecule has 106 valence electrons. The number of hydrogen-bond acceptors (Lipinski definition) is 5. The highest BCUT2D eigenvalue weighted by Crippen LogP contribution is 2.17. The van der Waals surface area contributed by atoms with Crippen LogP contribution in [0.4, 0.5) is 5.69 Å². The van der Waals surface area contributed by atoms with Gasteiger partial charge in [-0.3, -0.25) is 0 Å². The van der Waals surface area contributed by atoms with E-state index in [1.165, 1.54) is 12.1 Å². The van der Waals surface area contributed by atoms with Crippen LogP contribution in [0.15, 0.2) is 18.2 Å². The first-order valence-electron chi connectivity index (χ1n) is 5.93. The molecule has 2 N–H and O–H groups in total. The zero-order valence-electron chi connectivity index (χ0n) is 10.9. The van der Waals surface area contributed by atoms with Crippen LogP contribution in [0.5, 0.6) is 0 Å². The van der Waals surface area contributed by atoms with Crippen molar-refractivity contribution in [1.29, 1.82) is 0 Å². The molecule has 0 amide bonds. The Kier molecular flexibility index (Phi) is 7.25. The molecule has 0 spiro atoms. The van der Waals surface area contributed by atoms with E-state index in [4.69, 9.17) is 31.5 Å². The molecule has 0 aliphatic rings. The van der Waals surface area contributed by atoms with Crippen molar-refractivity contribution in [2.45, 2.75) is 6.42 Å². The van der Waals surface area contributed by atoms with Crippen LogP contribution in [0, 0.1) is 0 Å². The Labute approximate surface area is 117 Å². The van der Waals surface area contributed by atoms with Crippen molar-refractivity contribution in [3.8, 4) is 0 Å². The van der Waals surface area contributed by atoms with E-state index in [1.54, 1.807) is 13.2 Å². The van der Waals surface area contributed by atoms with Gasteiger partial charge < -0.3 is 19.9 Å². The maximum absolute atomic E-state index is 11.7. The van der Waals surface area contributed by atoms with Crippen LogP contribution < -0.4 is 5.73 Å². The van der Waals surface area contributed by atoms with E-state index in [0.29, 0.717) is 36.1 Å². The summed E-state index contributed by atoms with van der Waals surface area (Å²) in [6, 6.07) is 4.60. The Morgan fingerprint density at radius 2 is 2.00 bits per heavy atom. The fourth-order valence-electron chi connectivity index (χ4n) is 1.41. The van der Waals surface area contributed by atoms with Crippen LogP contribution >= 0.6 is 11.6 Å². The standard InChI is InChI=1S/C13H18ClNO4/c1-17-3-2-4-18-5-6-19-13(16)10-7-11(14)9-12(15)8-10/h7-9H,2-6,15H2,1H3. The molecule has 0 saturated heterocycles. The first kappa shape index (κ1) is 15.8. The third kappa shape index (κ3) is 6.42. The Morgan fingerprint density at radius 1 is 1.21 bits per heavy atom. The number of methoxy groups -OCH3 is 1. The molecule has 0 radical (unpaired) electrons. The molecule has 0 aliphatic heterocycles. The lowest BCUT2D eigenvalue weighted by molar-refractivity contribution is 0.0288. The van der Waals surface area contributed by atoms with Gasteiger partial charge in [0.25, 0.3) is 0 Å². The number of hydrogen-bond donors (Lipinski definition) is 1. The molecule has 1 rings (SSSR count). The van der Waals surface area contributed by atoms with Crippen LogP contribution in [-0.4, -0.2) is 39.5 Å². The van der Waals surface area contributed by atoms with Gasteiger partial charge in [0.05, 0.1) is 12.2 Å². The number of nitrogen functional groups attached to an aromatic ring is 1. The van der Waals surface area contributed by atoms with Crippen molar-refractivity contribution in [1.82, 2.24) is 0 Å². The summed E-state index contributed by atoms with van der Waals surface area (Å²) in [5.74, 6) is -0.463. The molecule has 1 aromatic carbocycles. The van der Waals surface area contributed by atoms with Crippen molar-refractivity contribution in [3.63, 3.8) is 0 Å². The number of nitrogens with two attached hydrogens (primary N) is 1. The van der Waals surface area contributed by atoms with Crippen molar-refractivity contribution < 1.29 is 19.0 Å². The number of rotatable bonds is 8. The van der Waals surface area contributed by atoms with E-state index in [0.717, 1.165) is 6.42 Å². The molecule has 5 nitrogen and oxygen atoms in total. The molecule has 1 aromatic rings. The van der Waals surface area contributed by atoms with E-state index < -0.39 is 5.97 Å². The topological polar surface area (TPSA) is 70.8 Å². The van der Waals surface area contributed by atoms with Crippen molar-refractivity contribution >= 4 is 23.3 Å². The zero-order valence-corrected chi connectivity index (χ0v) is 11.6. The summed E-state index contributed by atoms with van der Waals surface area (Å²) in [6.07, 6.45) is 0.815. The molecule has 0 atom stereocenters. The van der Waals surface area contributed by atoms with Gasteiger partial charge in [0.15, 0.2) is 0 Å². The van der Waals surface area contributed by atoms with Gasteiger partial charge in [0.1, 0.15) is 6.61 Å². The quantitative estimate of drug-likeness (QED) is 0.450. The Bertz CT molecular complexity index is 391. The van der Waals surface area contributed by atoms with Gasteiger partial charge in [-0.05, 0) is 24.6 Å². The third-order valence-electron chi connectivity index (χ3n) is 2.25. The van der Waals surface area contributed by atoms with Gasteiger partial charge in [0.2, 0.25) is 0 Å². The normalized spacial score (nSPS) is 10.4. The lowest BCUT2D eigenvalue weighted by atomic mass is 10.2. The molecule has 0 fully saturated rings. The number of anilines is 1. The van der Waals surface area contributed by atoms with E-state index in [9.17, 15) is 4.79 Å². The number of carbonyl (C=O) groups excluding carboxylic acids is 1. The van der Waals surface area contributed by atoms with E-state index >= 15 is 0 Å².